The quantitative estimate of drug-likeness (QED) is 0.719. The first kappa shape index (κ1) is 12.1. The third-order valence-corrected chi connectivity index (χ3v) is 3.87. The van der Waals surface area contributed by atoms with E-state index >= 15 is 0 Å². The minimum atomic E-state index is -0.221. The second kappa shape index (κ2) is 4.70. The molecule has 3 nitrogen and oxygen atoms in total. The summed E-state index contributed by atoms with van der Waals surface area (Å²) in [5.41, 5.74) is 1.91. The third kappa shape index (κ3) is 2.07. The van der Waals surface area contributed by atoms with Crippen LogP contribution in [0.2, 0.25) is 0 Å². The molecule has 2 heterocycles. The summed E-state index contributed by atoms with van der Waals surface area (Å²) < 4.78 is 5.54. The Balaban J connectivity index is 1.75. The lowest BCUT2D eigenvalue weighted by Crippen LogP contribution is -2.34. The first-order valence-corrected chi connectivity index (χ1v) is 6.96. The van der Waals surface area contributed by atoms with Gasteiger partial charge >= 0.3 is 0 Å². The molecule has 0 fully saturated rings. The molecule has 0 aliphatic carbocycles. The van der Waals surface area contributed by atoms with Crippen LogP contribution >= 0.6 is 0 Å². The Morgan fingerprint density at radius 1 is 1.05 bits per heavy atom. The molecule has 1 aliphatic rings. The molecular formula is C18H13NO2. The molecule has 0 N–H and O–H groups in total. The van der Waals surface area contributed by atoms with Gasteiger partial charge in [-0.1, -0.05) is 42.5 Å². The zero-order chi connectivity index (χ0) is 14.2. The van der Waals surface area contributed by atoms with E-state index in [4.69, 9.17) is 4.42 Å². The topological polar surface area (TPSA) is 42.6 Å². The maximum absolute atomic E-state index is 12.2. The van der Waals surface area contributed by atoms with Crippen LogP contribution in [-0.4, -0.2) is 5.91 Å². The lowest BCUT2D eigenvalue weighted by molar-refractivity contribution is -0.120. The molecule has 102 valence electrons. The highest BCUT2D eigenvalue weighted by Gasteiger charge is 2.20. The van der Waals surface area contributed by atoms with E-state index in [1.165, 1.54) is 0 Å². The Morgan fingerprint density at radius 3 is 2.81 bits per heavy atom. The number of hydrogen-bond acceptors (Lipinski definition) is 2. The predicted octanol–water partition coefficient (Wildman–Crippen LogP) is 2.23. The van der Waals surface area contributed by atoms with Crippen molar-refractivity contribution in [2.75, 3.05) is 0 Å². The predicted molar refractivity (Wildman–Crippen MR) is 80.1 cm³/mol. The molecule has 2 aromatic carbocycles. The number of nitrogens with zero attached hydrogens (tertiary/aromatic N) is 1. The van der Waals surface area contributed by atoms with Crippen LogP contribution in [0.5, 0.6) is 0 Å². The lowest BCUT2D eigenvalue weighted by Gasteiger charge is -2.11. The number of hydrogen-bond donors (Lipinski definition) is 0. The fraction of sp³-hybridized carbons (Fsp3) is 0.111. The molecule has 3 aromatic rings. The van der Waals surface area contributed by atoms with Crippen LogP contribution in [0.4, 0.5) is 0 Å². The van der Waals surface area contributed by atoms with Crippen molar-refractivity contribution in [3.8, 4) is 0 Å². The summed E-state index contributed by atoms with van der Waals surface area (Å²) in [6, 6.07) is 15.6. The van der Waals surface area contributed by atoms with Gasteiger partial charge in [-0.25, -0.2) is 4.99 Å². The van der Waals surface area contributed by atoms with E-state index in [1.54, 1.807) is 6.26 Å². The normalized spacial score (nSPS) is 17.1. The lowest BCUT2D eigenvalue weighted by atomic mass is 9.95. The minimum absolute atomic E-state index is 0.0843. The van der Waals surface area contributed by atoms with Crippen LogP contribution in [0.3, 0.4) is 0 Å². The average Bonchev–Trinajstić information content (AvgIpc) is 2.91. The van der Waals surface area contributed by atoms with Crippen molar-refractivity contribution in [3.05, 3.63) is 70.9 Å². The SMILES string of the molecule is O=C1N=c2ccccc2=CC1Cc1coc2ccccc12. The van der Waals surface area contributed by atoms with Gasteiger partial charge in [-0.3, -0.25) is 4.79 Å². The van der Waals surface area contributed by atoms with E-state index in [-0.39, 0.29) is 11.8 Å². The molecule has 1 aromatic heterocycles. The van der Waals surface area contributed by atoms with Crippen molar-refractivity contribution in [2.24, 2.45) is 10.9 Å². The van der Waals surface area contributed by atoms with Crippen molar-refractivity contribution in [3.63, 3.8) is 0 Å². The molecule has 4 rings (SSSR count). The average molecular weight is 275 g/mol. The molecule has 21 heavy (non-hydrogen) atoms. The van der Waals surface area contributed by atoms with Gasteiger partial charge < -0.3 is 4.42 Å². The number of fused-ring (bicyclic) bond motifs is 2. The fourth-order valence-electron chi connectivity index (χ4n) is 2.79. The number of carbonyl (C=O) groups excluding carboxylic acids is 1. The number of benzene rings is 2. The second-order valence-electron chi connectivity index (χ2n) is 5.24. The van der Waals surface area contributed by atoms with Gasteiger partial charge in [0.2, 0.25) is 0 Å². The summed E-state index contributed by atoms with van der Waals surface area (Å²) in [5, 5.41) is 2.85. The monoisotopic (exact) mass is 275 g/mol. The highest BCUT2D eigenvalue weighted by Crippen LogP contribution is 2.24. The summed E-state index contributed by atoms with van der Waals surface area (Å²) in [6.45, 7) is 0. The standard InChI is InChI=1S/C18H13NO2/c20-18-13(9-12-5-1-3-7-16(12)19-18)10-14-11-21-17-8-4-2-6-15(14)17/h1-9,11,13H,10H2. The van der Waals surface area contributed by atoms with Gasteiger partial charge in [0.1, 0.15) is 5.58 Å². The van der Waals surface area contributed by atoms with Crippen LogP contribution in [0.1, 0.15) is 5.56 Å². The smallest absolute Gasteiger partial charge is 0.253 e. The van der Waals surface area contributed by atoms with E-state index < -0.39 is 0 Å². The zero-order valence-electron chi connectivity index (χ0n) is 11.3. The Kier molecular flexibility index (Phi) is 2.71. The summed E-state index contributed by atoms with van der Waals surface area (Å²) >= 11 is 0. The van der Waals surface area contributed by atoms with E-state index in [9.17, 15) is 4.79 Å². The Labute approximate surface area is 121 Å². The molecule has 0 radical (unpaired) electrons. The van der Waals surface area contributed by atoms with Crippen LogP contribution in [0.25, 0.3) is 17.0 Å². The van der Waals surface area contributed by atoms with E-state index in [1.807, 2.05) is 54.6 Å². The number of furan rings is 1. The Morgan fingerprint density at radius 2 is 1.86 bits per heavy atom. The van der Waals surface area contributed by atoms with Gasteiger partial charge in [0.15, 0.2) is 0 Å². The van der Waals surface area contributed by atoms with Gasteiger partial charge in [-0.15, -0.1) is 0 Å². The second-order valence-corrected chi connectivity index (χ2v) is 5.24. The molecule has 3 heteroatoms. The van der Waals surface area contributed by atoms with E-state index in [0.29, 0.717) is 6.42 Å². The maximum Gasteiger partial charge on any atom is 0.253 e. The highest BCUT2D eigenvalue weighted by atomic mass is 16.3. The molecule has 0 saturated heterocycles. The molecular weight excluding hydrogens is 262 g/mol. The number of amides is 1. The Bertz CT molecular complexity index is 953. The first-order chi connectivity index (χ1) is 10.3. The molecule has 1 amide bonds. The van der Waals surface area contributed by atoms with Crippen molar-refractivity contribution >= 4 is 23.0 Å². The molecule has 1 atom stereocenters. The summed E-state index contributed by atoms with van der Waals surface area (Å²) in [5.74, 6) is -0.306. The summed E-state index contributed by atoms with van der Waals surface area (Å²) in [7, 11) is 0. The van der Waals surface area contributed by atoms with Crippen LogP contribution in [-0.2, 0) is 11.2 Å². The van der Waals surface area contributed by atoms with Crippen LogP contribution in [0, 0.1) is 5.92 Å². The third-order valence-electron chi connectivity index (χ3n) is 3.87. The summed E-state index contributed by atoms with van der Waals surface area (Å²) in [4.78, 5) is 16.4. The van der Waals surface area contributed by atoms with Gasteiger partial charge in [-0.2, -0.15) is 0 Å². The van der Waals surface area contributed by atoms with Crippen molar-refractivity contribution in [2.45, 2.75) is 6.42 Å². The first-order valence-electron chi connectivity index (χ1n) is 6.96. The molecule has 0 saturated carbocycles. The summed E-state index contributed by atoms with van der Waals surface area (Å²) in [6.07, 6.45) is 4.37. The maximum atomic E-state index is 12.2. The molecule has 0 spiro atoms. The molecule has 1 unspecified atom stereocenters. The Hall–Kier alpha value is -2.68. The van der Waals surface area contributed by atoms with E-state index in [0.717, 1.165) is 27.1 Å². The van der Waals surface area contributed by atoms with Crippen LogP contribution < -0.4 is 10.6 Å². The molecule has 1 aliphatic heterocycles. The number of carbonyl (C=O) groups is 1. The fourth-order valence-corrected chi connectivity index (χ4v) is 2.79. The van der Waals surface area contributed by atoms with Crippen molar-refractivity contribution in [1.29, 1.82) is 0 Å². The van der Waals surface area contributed by atoms with Crippen LogP contribution in [0.15, 0.2) is 64.2 Å². The van der Waals surface area contributed by atoms with Gasteiger partial charge in [0, 0.05) is 5.39 Å². The molecule has 0 bridgehead atoms. The number of para-hydroxylation sites is 2. The zero-order valence-corrected chi connectivity index (χ0v) is 11.3. The van der Waals surface area contributed by atoms with Gasteiger partial charge in [-0.05, 0) is 29.3 Å². The number of rotatable bonds is 2. The van der Waals surface area contributed by atoms with Crippen molar-refractivity contribution in [1.82, 2.24) is 0 Å². The van der Waals surface area contributed by atoms with Gasteiger partial charge in [0.25, 0.3) is 5.91 Å². The largest absolute Gasteiger partial charge is 0.464 e. The van der Waals surface area contributed by atoms with Crippen molar-refractivity contribution < 1.29 is 9.21 Å². The van der Waals surface area contributed by atoms with Gasteiger partial charge in [0.05, 0.1) is 17.5 Å². The minimum Gasteiger partial charge on any atom is -0.464 e. The highest BCUT2D eigenvalue weighted by molar-refractivity contribution is 5.88. The van der Waals surface area contributed by atoms with E-state index in [2.05, 4.69) is 4.99 Å².